The Morgan fingerprint density at radius 1 is 1.23 bits per heavy atom. The summed E-state index contributed by atoms with van der Waals surface area (Å²) >= 11 is 12.4. The van der Waals surface area contributed by atoms with Gasteiger partial charge in [0.15, 0.2) is 5.71 Å². The quantitative estimate of drug-likeness (QED) is 0.482. The number of carbonyl (C=O) groups excluding carboxylic acids is 2. The van der Waals surface area contributed by atoms with Crippen LogP contribution in [-0.2, 0) is 14.3 Å². The van der Waals surface area contributed by atoms with Crippen molar-refractivity contribution in [3.63, 3.8) is 0 Å². The van der Waals surface area contributed by atoms with Gasteiger partial charge in [0.1, 0.15) is 17.7 Å². The van der Waals surface area contributed by atoms with E-state index < -0.39 is 11.3 Å². The van der Waals surface area contributed by atoms with Crippen LogP contribution in [0.1, 0.15) is 13.8 Å². The fraction of sp³-hybridized carbons (Fsp3) is 0.550. The Balaban J connectivity index is 1.57. The molecule has 0 aliphatic carbocycles. The number of hydrogen-bond acceptors (Lipinski definition) is 7. The van der Waals surface area contributed by atoms with Crippen molar-refractivity contribution in [1.29, 1.82) is 0 Å². The number of halogens is 2. The summed E-state index contributed by atoms with van der Waals surface area (Å²) in [6, 6.07) is 5.39. The highest BCUT2D eigenvalue weighted by Gasteiger charge is 2.38. The van der Waals surface area contributed by atoms with E-state index in [0.29, 0.717) is 37.0 Å². The van der Waals surface area contributed by atoms with Crippen LogP contribution in [0.3, 0.4) is 0 Å². The molecule has 0 N–H and O–H groups in total. The Morgan fingerprint density at radius 3 is 2.57 bits per heavy atom. The largest absolute Gasteiger partial charge is 0.495 e. The molecule has 2 aliphatic heterocycles. The zero-order chi connectivity index (χ0) is 21.8. The number of anilines is 1. The van der Waals surface area contributed by atoms with Crippen molar-refractivity contribution in [2.45, 2.75) is 25.3 Å². The van der Waals surface area contributed by atoms with Crippen molar-refractivity contribution in [3.8, 4) is 5.75 Å². The SMILES string of the molecule is CCOC(=O)C1=NN(CC(=O)N2CCN(c3ccc(Cl)c(OC)c3)CC2)C(C)C1Cl. The minimum atomic E-state index is -0.603. The van der Waals surface area contributed by atoms with Crippen molar-refractivity contribution in [2.75, 3.05) is 51.3 Å². The highest BCUT2D eigenvalue weighted by atomic mass is 35.5. The summed E-state index contributed by atoms with van der Waals surface area (Å²) in [5, 5.41) is 5.79. The fourth-order valence-electron chi connectivity index (χ4n) is 3.50. The molecular formula is C20H26Cl2N4O4. The topological polar surface area (TPSA) is 74.7 Å². The molecule has 2 aliphatic rings. The van der Waals surface area contributed by atoms with Crippen LogP contribution in [0.25, 0.3) is 0 Å². The van der Waals surface area contributed by atoms with Gasteiger partial charge < -0.3 is 19.3 Å². The smallest absolute Gasteiger partial charge is 0.356 e. The summed E-state index contributed by atoms with van der Waals surface area (Å²) < 4.78 is 10.3. The molecule has 164 valence electrons. The van der Waals surface area contributed by atoms with E-state index in [0.717, 1.165) is 5.69 Å². The highest BCUT2D eigenvalue weighted by molar-refractivity contribution is 6.50. The molecule has 0 spiro atoms. The molecule has 1 fully saturated rings. The van der Waals surface area contributed by atoms with E-state index in [9.17, 15) is 9.59 Å². The lowest BCUT2D eigenvalue weighted by atomic mass is 10.1. The Labute approximate surface area is 186 Å². The minimum absolute atomic E-state index is 0.0482. The van der Waals surface area contributed by atoms with Gasteiger partial charge >= 0.3 is 5.97 Å². The second kappa shape index (κ2) is 9.75. The van der Waals surface area contributed by atoms with Gasteiger partial charge in [0, 0.05) is 37.9 Å². The van der Waals surface area contributed by atoms with Gasteiger partial charge in [-0.25, -0.2) is 4.79 Å². The van der Waals surface area contributed by atoms with Gasteiger partial charge in [0.2, 0.25) is 5.91 Å². The molecule has 8 nitrogen and oxygen atoms in total. The number of hydrazone groups is 1. The van der Waals surface area contributed by atoms with E-state index in [-0.39, 0.29) is 30.8 Å². The van der Waals surface area contributed by atoms with Gasteiger partial charge in [-0.05, 0) is 26.0 Å². The first-order chi connectivity index (χ1) is 14.3. The van der Waals surface area contributed by atoms with E-state index in [1.165, 1.54) is 0 Å². The Morgan fingerprint density at radius 2 is 1.93 bits per heavy atom. The number of methoxy groups -OCH3 is 1. The molecule has 2 unspecified atom stereocenters. The van der Waals surface area contributed by atoms with E-state index in [1.807, 2.05) is 25.1 Å². The Hall–Kier alpha value is -2.19. The summed E-state index contributed by atoms with van der Waals surface area (Å²) in [5.41, 5.74) is 1.16. The van der Waals surface area contributed by atoms with Crippen LogP contribution in [0.4, 0.5) is 5.69 Å². The maximum absolute atomic E-state index is 12.8. The Bertz CT molecular complexity index is 827. The molecule has 1 aromatic rings. The summed E-state index contributed by atoms with van der Waals surface area (Å²) in [4.78, 5) is 28.8. The van der Waals surface area contributed by atoms with E-state index in [2.05, 4.69) is 10.0 Å². The van der Waals surface area contributed by atoms with Gasteiger partial charge in [0.05, 0.1) is 24.8 Å². The third-order valence-corrected chi connectivity index (χ3v) is 6.19. The van der Waals surface area contributed by atoms with Crippen molar-refractivity contribution in [3.05, 3.63) is 23.2 Å². The lowest BCUT2D eigenvalue weighted by Crippen LogP contribution is -2.51. The maximum atomic E-state index is 12.8. The number of carbonyl (C=O) groups is 2. The molecule has 1 saturated heterocycles. The molecule has 0 aromatic heterocycles. The number of amides is 1. The van der Waals surface area contributed by atoms with Gasteiger partial charge in [-0.1, -0.05) is 11.6 Å². The third kappa shape index (κ3) is 4.75. The van der Waals surface area contributed by atoms with Crippen LogP contribution in [0.2, 0.25) is 5.02 Å². The normalized spacial score (nSPS) is 21.5. The molecule has 0 saturated carbocycles. The highest BCUT2D eigenvalue weighted by Crippen LogP contribution is 2.30. The molecule has 2 heterocycles. The first-order valence-corrected chi connectivity index (χ1v) is 10.7. The number of hydrogen-bond donors (Lipinski definition) is 0. The molecule has 10 heteroatoms. The molecule has 0 bridgehead atoms. The lowest BCUT2D eigenvalue weighted by molar-refractivity contribution is -0.135. The van der Waals surface area contributed by atoms with Gasteiger partial charge in [0.25, 0.3) is 0 Å². The van der Waals surface area contributed by atoms with Crippen molar-refractivity contribution < 1.29 is 19.1 Å². The maximum Gasteiger partial charge on any atom is 0.356 e. The Kier molecular flexibility index (Phi) is 7.31. The van der Waals surface area contributed by atoms with E-state index in [4.69, 9.17) is 32.7 Å². The number of esters is 1. The van der Waals surface area contributed by atoms with E-state index in [1.54, 1.807) is 23.9 Å². The number of nitrogens with zero attached hydrogens (tertiary/aromatic N) is 4. The van der Waals surface area contributed by atoms with Crippen molar-refractivity contribution >= 4 is 46.5 Å². The monoisotopic (exact) mass is 456 g/mol. The summed E-state index contributed by atoms with van der Waals surface area (Å²) in [7, 11) is 1.59. The molecule has 3 rings (SSSR count). The van der Waals surface area contributed by atoms with Crippen LogP contribution in [0.5, 0.6) is 5.75 Å². The van der Waals surface area contributed by atoms with Gasteiger partial charge in [-0.2, -0.15) is 5.10 Å². The molecule has 30 heavy (non-hydrogen) atoms. The zero-order valence-electron chi connectivity index (χ0n) is 17.3. The average Bonchev–Trinajstić information content (AvgIpc) is 3.03. The molecular weight excluding hydrogens is 431 g/mol. The van der Waals surface area contributed by atoms with Crippen LogP contribution in [0, 0.1) is 0 Å². The number of benzene rings is 1. The molecule has 1 aromatic carbocycles. The minimum Gasteiger partial charge on any atom is -0.495 e. The van der Waals surface area contributed by atoms with Crippen LogP contribution in [0.15, 0.2) is 23.3 Å². The molecule has 0 radical (unpaired) electrons. The predicted molar refractivity (Wildman–Crippen MR) is 117 cm³/mol. The summed E-state index contributed by atoms with van der Waals surface area (Å²) in [6.45, 7) is 6.45. The van der Waals surface area contributed by atoms with E-state index >= 15 is 0 Å². The van der Waals surface area contributed by atoms with Crippen LogP contribution in [-0.4, -0.2) is 85.4 Å². The third-order valence-electron chi connectivity index (χ3n) is 5.31. The van der Waals surface area contributed by atoms with Gasteiger partial charge in [-0.15, -0.1) is 11.6 Å². The molecule has 1 amide bonds. The lowest BCUT2D eigenvalue weighted by Gasteiger charge is -2.37. The number of alkyl halides is 1. The van der Waals surface area contributed by atoms with Crippen molar-refractivity contribution in [2.24, 2.45) is 5.10 Å². The predicted octanol–water partition coefficient (Wildman–Crippen LogP) is 2.23. The summed E-state index contributed by atoms with van der Waals surface area (Å²) in [6.07, 6.45) is 0. The summed E-state index contributed by atoms with van der Waals surface area (Å²) in [5.74, 6) is 0.0424. The molecule has 2 atom stereocenters. The second-order valence-electron chi connectivity index (χ2n) is 7.13. The van der Waals surface area contributed by atoms with Crippen molar-refractivity contribution in [1.82, 2.24) is 9.91 Å². The number of rotatable bonds is 6. The van der Waals surface area contributed by atoms with Crippen LogP contribution >= 0.6 is 23.2 Å². The second-order valence-corrected chi connectivity index (χ2v) is 8.01. The number of ether oxygens (including phenoxy) is 2. The zero-order valence-corrected chi connectivity index (χ0v) is 18.8. The standard InChI is InChI=1S/C20H26Cl2N4O4/c1-4-30-20(28)19-18(22)13(2)26(23-19)12-17(27)25-9-7-24(8-10-25)14-5-6-15(21)16(11-14)29-3/h5-6,11,13,18H,4,7-10,12H2,1-3H3. The average molecular weight is 457 g/mol. The van der Waals surface area contributed by atoms with Crippen LogP contribution < -0.4 is 9.64 Å². The first-order valence-electron chi connectivity index (χ1n) is 9.88. The number of piperazine rings is 1. The first kappa shape index (κ1) is 22.5. The fourth-order valence-corrected chi connectivity index (χ4v) is 3.96. The van der Waals surface area contributed by atoms with Gasteiger partial charge in [-0.3, -0.25) is 9.80 Å².